The van der Waals surface area contributed by atoms with Crippen LogP contribution in [0.1, 0.15) is 29.8 Å². The van der Waals surface area contributed by atoms with Crippen LogP contribution in [-0.2, 0) is 4.74 Å². The molecule has 1 aromatic heterocycles. The number of nitriles is 1. The maximum atomic E-state index is 13.9. The van der Waals surface area contributed by atoms with Crippen molar-refractivity contribution >= 4 is 22.3 Å². The molecule has 0 radical (unpaired) electrons. The minimum atomic E-state index is -0.429. The van der Waals surface area contributed by atoms with Gasteiger partial charge in [-0.2, -0.15) is 10.4 Å². The van der Waals surface area contributed by atoms with E-state index in [1.807, 2.05) is 19.9 Å². The summed E-state index contributed by atoms with van der Waals surface area (Å²) in [6.45, 7) is 6.98. The van der Waals surface area contributed by atoms with Crippen LogP contribution < -0.4 is 10.2 Å². The van der Waals surface area contributed by atoms with Gasteiger partial charge >= 0.3 is 0 Å². The van der Waals surface area contributed by atoms with Gasteiger partial charge in [0.2, 0.25) is 0 Å². The number of hydrogen-bond acceptors (Lipinski definition) is 6. The van der Waals surface area contributed by atoms with Gasteiger partial charge in [0.15, 0.2) is 5.82 Å². The number of nitrogens with zero attached hydrogens (tertiary/aromatic N) is 4. The number of aryl methyl sites for hydroxylation is 1. The molecule has 1 fully saturated rings. The fourth-order valence-corrected chi connectivity index (χ4v) is 3.62. The number of ether oxygens (including phenoxy) is 1. The highest BCUT2D eigenvalue weighted by Crippen LogP contribution is 2.30. The van der Waals surface area contributed by atoms with E-state index >= 15 is 0 Å². The number of halogens is 1. The molecule has 1 unspecified atom stereocenters. The second-order valence-corrected chi connectivity index (χ2v) is 7.21. The number of morpholine rings is 1. The van der Waals surface area contributed by atoms with Gasteiger partial charge in [-0.05, 0) is 49.7 Å². The lowest BCUT2D eigenvalue weighted by Crippen LogP contribution is -2.36. The average molecular weight is 391 g/mol. The van der Waals surface area contributed by atoms with E-state index in [1.54, 1.807) is 6.07 Å². The Hall–Kier alpha value is -3.24. The molecule has 7 heteroatoms. The molecule has 0 aliphatic carbocycles. The van der Waals surface area contributed by atoms with Gasteiger partial charge in [0.1, 0.15) is 5.82 Å². The molecule has 148 valence electrons. The normalized spacial score (nSPS) is 15.2. The molecule has 29 heavy (non-hydrogen) atoms. The second-order valence-electron chi connectivity index (χ2n) is 7.21. The van der Waals surface area contributed by atoms with Crippen LogP contribution in [0.5, 0.6) is 0 Å². The van der Waals surface area contributed by atoms with Gasteiger partial charge in [0.05, 0.1) is 36.6 Å². The predicted molar refractivity (Wildman–Crippen MR) is 110 cm³/mol. The largest absolute Gasteiger partial charge is 0.378 e. The predicted octanol–water partition coefficient (Wildman–Crippen LogP) is 3.96. The van der Waals surface area contributed by atoms with Crippen molar-refractivity contribution in [1.29, 1.82) is 5.26 Å². The molecule has 0 spiro atoms. The van der Waals surface area contributed by atoms with E-state index in [1.165, 1.54) is 12.1 Å². The highest BCUT2D eigenvalue weighted by Gasteiger charge is 2.16. The number of rotatable bonds is 4. The first-order valence-electron chi connectivity index (χ1n) is 9.62. The summed E-state index contributed by atoms with van der Waals surface area (Å²) in [5, 5.41) is 23.1. The summed E-state index contributed by atoms with van der Waals surface area (Å²) in [7, 11) is 0. The first kappa shape index (κ1) is 19.1. The van der Waals surface area contributed by atoms with E-state index in [4.69, 9.17) is 10.00 Å². The van der Waals surface area contributed by atoms with Crippen molar-refractivity contribution in [3.05, 3.63) is 59.0 Å². The van der Waals surface area contributed by atoms with Crippen molar-refractivity contribution in [3.8, 4) is 6.07 Å². The summed E-state index contributed by atoms with van der Waals surface area (Å²) in [6, 6.07) is 12.4. The average Bonchev–Trinajstić information content (AvgIpc) is 2.75. The van der Waals surface area contributed by atoms with Gasteiger partial charge in [-0.3, -0.25) is 0 Å². The Morgan fingerprint density at radius 1 is 1.14 bits per heavy atom. The van der Waals surface area contributed by atoms with Crippen molar-refractivity contribution in [2.24, 2.45) is 0 Å². The third-order valence-corrected chi connectivity index (χ3v) is 5.23. The molecular weight excluding hydrogens is 369 g/mol. The Balaban J connectivity index is 1.70. The third-order valence-electron chi connectivity index (χ3n) is 5.23. The smallest absolute Gasteiger partial charge is 0.157 e. The molecule has 0 saturated carbocycles. The minimum absolute atomic E-state index is 0.245. The maximum Gasteiger partial charge on any atom is 0.157 e. The van der Waals surface area contributed by atoms with Gasteiger partial charge in [-0.15, -0.1) is 5.10 Å². The summed E-state index contributed by atoms with van der Waals surface area (Å²) in [4.78, 5) is 2.29. The van der Waals surface area contributed by atoms with E-state index in [2.05, 4.69) is 38.6 Å². The Morgan fingerprint density at radius 2 is 1.93 bits per heavy atom. The quantitative estimate of drug-likeness (QED) is 0.726. The molecule has 6 nitrogen and oxygen atoms in total. The Bertz CT molecular complexity index is 1090. The van der Waals surface area contributed by atoms with Gasteiger partial charge in [0, 0.05) is 29.5 Å². The van der Waals surface area contributed by atoms with Gasteiger partial charge in [-0.1, -0.05) is 6.07 Å². The van der Waals surface area contributed by atoms with E-state index in [0.29, 0.717) is 30.2 Å². The Morgan fingerprint density at radius 3 is 2.69 bits per heavy atom. The maximum absolute atomic E-state index is 13.9. The highest BCUT2D eigenvalue weighted by atomic mass is 19.1. The molecule has 2 heterocycles. The van der Waals surface area contributed by atoms with Crippen molar-refractivity contribution in [2.45, 2.75) is 19.9 Å². The van der Waals surface area contributed by atoms with Crippen molar-refractivity contribution in [1.82, 2.24) is 10.2 Å². The van der Waals surface area contributed by atoms with E-state index < -0.39 is 5.82 Å². The fraction of sp³-hybridized carbons (Fsp3) is 0.318. The fourth-order valence-electron chi connectivity index (χ4n) is 3.62. The number of benzene rings is 2. The Kier molecular flexibility index (Phi) is 5.28. The molecule has 3 aromatic rings. The van der Waals surface area contributed by atoms with Crippen molar-refractivity contribution in [2.75, 3.05) is 36.5 Å². The molecule has 1 saturated heterocycles. The molecule has 0 bridgehead atoms. The zero-order chi connectivity index (χ0) is 20.4. The Labute approximate surface area is 168 Å². The van der Waals surface area contributed by atoms with Crippen LogP contribution in [0.2, 0.25) is 0 Å². The molecule has 1 aliphatic rings. The van der Waals surface area contributed by atoms with Gasteiger partial charge < -0.3 is 15.0 Å². The number of fused-ring (bicyclic) bond motifs is 1. The third kappa shape index (κ3) is 3.98. The van der Waals surface area contributed by atoms with Gasteiger partial charge in [-0.25, -0.2) is 4.39 Å². The molecule has 4 rings (SSSR count). The zero-order valence-corrected chi connectivity index (χ0v) is 16.4. The number of nitrogens with one attached hydrogen (secondary N) is 1. The SMILES string of the molecule is Cc1nnc(NC(C)c2cc(F)cc(C#N)c2)c2cc(N3CCOCC3)ccc12. The van der Waals surface area contributed by atoms with Crippen LogP contribution in [0, 0.1) is 24.1 Å². The summed E-state index contributed by atoms with van der Waals surface area (Å²) in [6.07, 6.45) is 0. The summed E-state index contributed by atoms with van der Waals surface area (Å²) >= 11 is 0. The molecule has 2 aromatic carbocycles. The van der Waals surface area contributed by atoms with Crippen LogP contribution in [0.3, 0.4) is 0 Å². The molecule has 1 N–H and O–H groups in total. The standard InChI is InChI=1S/C22H22FN5O/c1-14(17-9-16(13-24)10-18(23)11-17)25-22-21-12-19(28-5-7-29-8-6-28)3-4-20(21)15(2)26-27-22/h3-4,9-12,14H,5-8H2,1-2H3,(H,25,27). The minimum Gasteiger partial charge on any atom is -0.378 e. The summed E-state index contributed by atoms with van der Waals surface area (Å²) < 4.78 is 19.3. The molecule has 1 atom stereocenters. The molecule has 0 amide bonds. The van der Waals surface area contributed by atoms with Crippen LogP contribution in [0.4, 0.5) is 15.9 Å². The molecular formula is C22H22FN5O. The van der Waals surface area contributed by atoms with E-state index in [0.717, 1.165) is 35.2 Å². The highest BCUT2D eigenvalue weighted by molar-refractivity contribution is 5.95. The lowest BCUT2D eigenvalue weighted by atomic mass is 10.0. The van der Waals surface area contributed by atoms with Crippen LogP contribution in [0.25, 0.3) is 10.8 Å². The lowest BCUT2D eigenvalue weighted by Gasteiger charge is -2.29. The summed E-state index contributed by atoms with van der Waals surface area (Å²) in [5.41, 5.74) is 2.94. The number of anilines is 2. The van der Waals surface area contributed by atoms with Crippen molar-refractivity contribution in [3.63, 3.8) is 0 Å². The first-order valence-corrected chi connectivity index (χ1v) is 9.62. The lowest BCUT2D eigenvalue weighted by molar-refractivity contribution is 0.122. The second kappa shape index (κ2) is 8.02. The monoisotopic (exact) mass is 391 g/mol. The molecule has 1 aliphatic heterocycles. The topological polar surface area (TPSA) is 74.1 Å². The van der Waals surface area contributed by atoms with Gasteiger partial charge in [0.25, 0.3) is 0 Å². The number of aromatic nitrogens is 2. The van der Waals surface area contributed by atoms with Crippen LogP contribution in [-0.4, -0.2) is 36.5 Å². The number of hydrogen-bond donors (Lipinski definition) is 1. The van der Waals surface area contributed by atoms with Crippen LogP contribution >= 0.6 is 0 Å². The van der Waals surface area contributed by atoms with Crippen LogP contribution in [0.15, 0.2) is 36.4 Å². The van der Waals surface area contributed by atoms with E-state index in [9.17, 15) is 4.39 Å². The first-order chi connectivity index (χ1) is 14.0. The summed E-state index contributed by atoms with van der Waals surface area (Å²) in [5.74, 6) is 0.207. The van der Waals surface area contributed by atoms with E-state index in [-0.39, 0.29) is 6.04 Å². The zero-order valence-electron chi connectivity index (χ0n) is 16.4. The van der Waals surface area contributed by atoms with Crippen molar-refractivity contribution < 1.29 is 9.13 Å².